The first-order valence-electron chi connectivity index (χ1n) is 6.32. The third-order valence-electron chi connectivity index (χ3n) is 3.64. The van der Waals surface area contributed by atoms with E-state index in [0.29, 0.717) is 6.54 Å². The molecule has 2 heterocycles. The van der Waals surface area contributed by atoms with Gasteiger partial charge in [0.1, 0.15) is 0 Å². The predicted molar refractivity (Wildman–Crippen MR) is 71.6 cm³/mol. The quantitative estimate of drug-likeness (QED) is 0.758. The lowest BCUT2D eigenvalue weighted by Crippen LogP contribution is -2.50. The second-order valence-electron chi connectivity index (χ2n) is 4.77. The minimum absolute atomic E-state index is 0.0798. The minimum Gasteiger partial charge on any atom is -0.350 e. The lowest BCUT2D eigenvalue weighted by molar-refractivity contribution is -0.132. The average molecular weight is 269 g/mol. The molecular formula is C12H19N3O2S. The first-order valence-corrected chi connectivity index (χ1v) is 7.20. The lowest BCUT2D eigenvalue weighted by Gasteiger charge is -2.35. The number of nitrogens with one attached hydrogen (secondary N) is 3. The summed E-state index contributed by atoms with van der Waals surface area (Å²) >= 11 is 1.12. The predicted octanol–water partition coefficient (Wildman–Crippen LogP) is 0.832. The zero-order chi connectivity index (χ0) is 13.0. The van der Waals surface area contributed by atoms with Crippen molar-refractivity contribution in [3.8, 4) is 0 Å². The molecule has 0 bridgehead atoms. The number of aromatic amines is 1. The van der Waals surface area contributed by atoms with Crippen molar-refractivity contribution in [3.63, 3.8) is 0 Å². The van der Waals surface area contributed by atoms with Crippen LogP contribution in [-0.2, 0) is 11.3 Å². The van der Waals surface area contributed by atoms with Crippen LogP contribution in [0.2, 0.25) is 0 Å². The van der Waals surface area contributed by atoms with E-state index in [-0.39, 0.29) is 16.2 Å². The molecule has 1 amide bonds. The van der Waals surface area contributed by atoms with E-state index in [2.05, 4.69) is 22.5 Å². The molecule has 1 saturated heterocycles. The topological polar surface area (TPSA) is 74.0 Å². The van der Waals surface area contributed by atoms with E-state index in [0.717, 1.165) is 49.4 Å². The third kappa shape index (κ3) is 2.81. The van der Waals surface area contributed by atoms with Crippen LogP contribution >= 0.6 is 11.3 Å². The second kappa shape index (κ2) is 5.67. The number of hydrogen-bond donors (Lipinski definition) is 3. The van der Waals surface area contributed by atoms with Gasteiger partial charge in [-0.05, 0) is 25.8 Å². The van der Waals surface area contributed by atoms with Crippen molar-refractivity contribution in [1.82, 2.24) is 15.6 Å². The Morgan fingerprint density at radius 3 is 3.00 bits per heavy atom. The molecule has 1 aliphatic heterocycles. The Bertz CT molecular complexity index is 460. The van der Waals surface area contributed by atoms with Gasteiger partial charge in [-0.3, -0.25) is 9.59 Å². The number of rotatable bonds is 4. The molecule has 1 atom stereocenters. The highest BCUT2D eigenvalue weighted by Gasteiger charge is 2.37. The van der Waals surface area contributed by atoms with Gasteiger partial charge >= 0.3 is 4.87 Å². The van der Waals surface area contributed by atoms with Crippen molar-refractivity contribution in [1.29, 1.82) is 0 Å². The molecule has 3 N–H and O–H groups in total. The SMILES string of the molecule is CCC1(C(=O)NCc2csc(=O)[nH]2)CCCNC1. The van der Waals surface area contributed by atoms with Gasteiger partial charge in [0.2, 0.25) is 5.91 Å². The number of aromatic nitrogens is 1. The van der Waals surface area contributed by atoms with Crippen LogP contribution < -0.4 is 15.5 Å². The van der Waals surface area contributed by atoms with Crippen molar-refractivity contribution in [2.45, 2.75) is 32.7 Å². The van der Waals surface area contributed by atoms with Crippen molar-refractivity contribution >= 4 is 17.2 Å². The van der Waals surface area contributed by atoms with Crippen LogP contribution in [0.3, 0.4) is 0 Å². The van der Waals surface area contributed by atoms with Gasteiger partial charge in [0.05, 0.1) is 12.0 Å². The average Bonchev–Trinajstić information content (AvgIpc) is 2.82. The number of carbonyl (C=O) groups is 1. The summed E-state index contributed by atoms with van der Waals surface area (Å²) in [7, 11) is 0. The minimum atomic E-state index is -0.283. The zero-order valence-electron chi connectivity index (χ0n) is 10.5. The number of H-pyrrole nitrogens is 1. The Morgan fingerprint density at radius 1 is 1.61 bits per heavy atom. The van der Waals surface area contributed by atoms with E-state index < -0.39 is 0 Å². The van der Waals surface area contributed by atoms with Gasteiger partial charge in [0.25, 0.3) is 0 Å². The van der Waals surface area contributed by atoms with E-state index in [4.69, 9.17) is 0 Å². The monoisotopic (exact) mass is 269 g/mol. The summed E-state index contributed by atoms with van der Waals surface area (Å²) in [5.41, 5.74) is 0.488. The van der Waals surface area contributed by atoms with E-state index in [1.165, 1.54) is 0 Å². The normalized spacial score (nSPS) is 23.8. The fraction of sp³-hybridized carbons (Fsp3) is 0.667. The van der Waals surface area contributed by atoms with Gasteiger partial charge in [-0.15, -0.1) is 0 Å². The second-order valence-corrected chi connectivity index (χ2v) is 5.61. The number of amides is 1. The molecule has 18 heavy (non-hydrogen) atoms. The van der Waals surface area contributed by atoms with Crippen LogP contribution in [0.5, 0.6) is 0 Å². The van der Waals surface area contributed by atoms with Gasteiger partial charge in [-0.1, -0.05) is 18.3 Å². The summed E-state index contributed by atoms with van der Waals surface area (Å²) in [5.74, 6) is 0.0873. The number of thiazole rings is 1. The van der Waals surface area contributed by atoms with Crippen molar-refractivity contribution in [2.24, 2.45) is 5.41 Å². The van der Waals surface area contributed by atoms with Crippen LogP contribution in [0.15, 0.2) is 10.2 Å². The Hall–Kier alpha value is -1.14. The number of carbonyl (C=O) groups excluding carboxylic acids is 1. The summed E-state index contributed by atoms with van der Waals surface area (Å²) in [5, 5.41) is 7.97. The first kappa shape index (κ1) is 13.3. The summed E-state index contributed by atoms with van der Waals surface area (Å²) in [6.45, 7) is 4.20. The van der Waals surface area contributed by atoms with Crippen molar-refractivity contribution in [2.75, 3.05) is 13.1 Å². The van der Waals surface area contributed by atoms with E-state index in [1.807, 2.05) is 0 Å². The summed E-state index contributed by atoms with van der Waals surface area (Å²) in [6, 6.07) is 0. The molecule has 5 nitrogen and oxygen atoms in total. The highest BCUT2D eigenvalue weighted by atomic mass is 32.1. The Kier molecular flexibility index (Phi) is 4.19. The molecule has 1 unspecified atom stereocenters. The highest BCUT2D eigenvalue weighted by molar-refractivity contribution is 7.07. The van der Waals surface area contributed by atoms with Crippen molar-refractivity contribution < 1.29 is 4.79 Å². The van der Waals surface area contributed by atoms with E-state index in [9.17, 15) is 9.59 Å². The van der Waals surface area contributed by atoms with Crippen molar-refractivity contribution in [3.05, 3.63) is 20.7 Å². The highest BCUT2D eigenvalue weighted by Crippen LogP contribution is 2.30. The van der Waals surface area contributed by atoms with E-state index in [1.54, 1.807) is 5.38 Å². The molecule has 0 radical (unpaired) electrons. The fourth-order valence-electron chi connectivity index (χ4n) is 2.39. The molecule has 100 valence electrons. The summed E-state index contributed by atoms with van der Waals surface area (Å²) in [4.78, 5) is 25.9. The molecule has 1 aromatic rings. The molecule has 2 rings (SSSR count). The Morgan fingerprint density at radius 2 is 2.44 bits per heavy atom. The first-order chi connectivity index (χ1) is 8.66. The van der Waals surface area contributed by atoms with Gasteiger partial charge in [0, 0.05) is 17.6 Å². The summed E-state index contributed by atoms with van der Waals surface area (Å²) in [6.07, 6.45) is 2.81. The van der Waals surface area contributed by atoms with Crippen LogP contribution in [0.4, 0.5) is 0 Å². The van der Waals surface area contributed by atoms with Crippen LogP contribution in [-0.4, -0.2) is 24.0 Å². The number of piperidine rings is 1. The van der Waals surface area contributed by atoms with Gasteiger partial charge in [0.15, 0.2) is 0 Å². The maximum atomic E-state index is 12.3. The third-order valence-corrected chi connectivity index (χ3v) is 4.36. The van der Waals surface area contributed by atoms with Crippen LogP contribution in [0, 0.1) is 5.41 Å². The molecule has 1 fully saturated rings. The molecule has 1 aliphatic rings. The maximum absolute atomic E-state index is 12.3. The fourth-order valence-corrected chi connectivity index (χ4v) is 2.97. The van der Waals surface area contributed by atoms with Gasteiger partial charge < -0.3 is 15.6 Å². The molecule has 6 heteroatoms. The van der Waals surface area contributed by atoms with E-state index >= 15 is 0 Å². The molecule has 0 spiro atoms. The molecule has 0 aromatic carbocycles. The largest absolute Gasteiger partial charge is 0.350 e. The Balaban J connectivity index is 1.95. The van der Waals surface area contributed by atoms with Crippen LogP contribution in [0.25, 0.3) is 0 Å². The lowest BCUT2D eigenvalue weighted by atomic mass is 9.77. The molecule has 0 aliphatic carbocycles. The molecular weight excluding hydrogens is 250 g/mol. The number of hydrogen-bond acceptors (Lipinski definition) is 4. The zero-order valence-corrected chi connectivity index (χ0v) is 11.4. The molecule has 0 saturated carbocycles. The molecule has 1 aromatic heterocycles. The summed E-state index contributed by atoms with van der Waals surface area (Å²) < 4.78 is 0. The van der Waals surface area contributed by atoms with Gasteiger partial charge in [-0.2, -0.15) is 0 Å². The Labute approximate surface area is 110 Å². The maximum Gasteiger partial charge on any atom is 0.304 e. The standard InChI is InChI=1S/C12H19N3O2S/c1-2-12(4-3-5-13-8-12)10(16)14-6-9-7-18-11(17)15-9/h7,13H,2-6,8H2,1H3,(H,14,16)(H,15,17). The van der Waals surface area contributed by atoms with Crippen LogP contribution in [0.1, 0.15) is 31.9 Å². The van der Waals surface area contributed by atoms with Gasteiger partial charge in [-0.25, -0.2) is 0 Å². The smallest absolute Gasteiger partial charge is 0.304 e.